The van der Waals surface area contributed by atoms with Crippen LogP contribution in [0, 0.1) is 5.92 Å². The number of ketones is 1. The normalized spacial score (nSPS) is 27.5. The zero-order valence-corrected chi connectivity index (χ0v) is 6.88. The zero-order chi connectivity index (χ0) is 7.68. The van der Waals surface area contributed by atoms with Crippen LogP contribution in [0.3, 0.4) is 0 Å². The van der Waals surface area contributed by atoms with E-state index in [1.807, 2.05) is 0 Å². The largest absolute Gasteiger partial charge is 0.298 e. The Balaban J connectivity index is 1.77. The predicted octanol–water partition coefficient (Wildman–Crippen LogP) is 1.06. The van der Waals surface area contributed by atoms with Gasteiger partial charge in [0.2, 0.25) is 0 Å². The lowest BCUT2D eigenvalue weighted by Crippen LogP contribution is -2.36. The van der Waals surface area contributed by atoms with Crippen LogP contribution in [-0.4, -0.2) is 30.3 Å². The molecule has 0 aromatic rings. The van der Waals surface area contributed by atoms with Gasteiger partial charge in [0, 0.05) is 13.0 Å². The van der Waals surface area contributed by atoms with Gasteiger partial charge in [-0.15, -0.1) is 0 Å². The summed E-state index contributed by atoms with van der Waals surface area (Å²) in [6.07, 6.45) is 4.70. The Morgan fingerprint density at radius 3 is 2.91 bits per heavy atom. The van der Waals surface area contributed by atoms with E-state index in [1.54, 1.807) is 0 Å². The highest BCUT2D eigenvalue weighted by molar-refractivity contribution is 5.81. The predicted molar refractivity (Wildman–Crippen MR) is 43.4 cm³/mol. The molecule has 1 saturated heterocycles. The third-order valence-electron chi connectivity index (χ3n) is 2.54. The lowest BCUT2D eigenvalue weighted by Gasteiger charge is -2.25. The van der Waals surface area contributed by atoms with Gasteiger partial charge in [-0.05, 0) is 31.7 Å². The minimum atomic E-state index is 0.442. The smallest absolute Gasteiger partial charge is 0.146 e. The molecule has 0 N–H and O–H groups in total. The molecule has 11 heavy (non-hydrogen) atoms. The minimum Gasteiger partial charge on any atom is -0.298 e. The molecule has 0 radical (unpaired) electrons. The second kappa shape index (κ2) is 2.94. The van der Waals surface area contributed by atoms with Gasteiger partial charge in [0.15, 0.2) is 0 Å². The third kappa shape index (κ3) is 2.03. The highest BCUT2D eigenvalue weighted by Crippen LogP contribution is 2.30. The van der Waals surface area contributed by atoms with E-state index >= 15 is 0 Å². The molecule has 0 aromatic carbocycles. The Kier molecular flexibility index (Phi) is 1.95. The topological polar surface area (TPSA) is 20.3 Å². The molecule has 0 unspecified atom stereocenters. The van der Waals surface area contributed by atoms with Crippen molar-refractivity contribution < 1.29 is 4.79 Å². The first-order valence-corrected chi connectivity index (χ1v) is 4.58. The lowest BCUT2D eigenvalue weighted by atomic mass is 10.1. The van der Waals surface area contributed by atoms with Gasteiger partial charge in [-0.1, -0.05) is 0 Å². The molecule has 0 atom stereocenters. The van der Waals surface area contributed by atoms with Crippen LogP contribution in [0.5, 0.6) is 0 Å². The monoisotopic (exact) mass is 153 g/mol. The van der Waals surface area contributed by atoms with Gasteiger partial charge in [-0.25, -0.2) is 0 Å². The zero-order valence-electron chi connectivity index (χ0n) is 6.88. The number of piperidine rings is 1. The summed E-state index contributed by atoms with van der Waals surface area (Å²) >= 11 is 0. The molecular formula is C9H15NO. The minimum absolute atomic E-state index is 0.442. The first-order valence-electron chi connectivity index (χ1n) is 4.58. The molecule has 0 amide bonds. The first kappa shape index (κ1) is 7.29. The summed E-state index contributed by atoms with van der Waals surface area (Å²) in [5.74, 6) is 1.37. The van der Waals surface area contributed by atoms with Crippen molar-refractivity contribution in [1.29, 1.82) is 0 Å². The van der Waals surface area contributed by atoms with Gasteiger partial charge in [0.1, 0.15) is 5.78 Å². The van der Waals surface area contributed by atoms with Gasteiger partial charge in [-0.3, -0.25) is 9.69 Å². The van der Waals surface area contributed by atoms with E-state index in [4.69, 9.17) is 0 Å². The van der Waals surface area contributed by atoms with Crippen molar-refractivity contribution in [1.82, 2.24) is 4.90 Å². The molecule has 0 spiro atoms. The van der Waals surface area contributed by atoms with Crippen LogP contribution in [-0.2, 0) is 4.79 Å². The summed E-state index contributed by atoms with van der Waals surface area (Å²) < 4.78 is 0. The van der Waals surface area contributed by atoms with E-state index < -0.39 is 0 Å². The van der Waals surface area contributed by atoms with Crippen LogP contribution >= 0.6 is 0 Å². The molecule has 1 heterocycles. The second-order valence-electron chi connectivity index (χ2n) is 3.82. The highest BCUT2D eigenvalue weighted by atomic mass is 16.1. The number of carbonyl (C=O) groups is 1. The van der Waals surface area contributed by atoms with Crippen LogP contribution in [0.4, 0.5) is 0 Å². The van der Waals surface area contributed by atoms with Crippen LogP contribution in [0.15, 0.2) is 0 Å². The fourth-order valence-corrected chi connectivity index (χ4v) is 1.73. The molecule has 2 heteroatoms. The fraction of sp³-hybridized carbons (Fsp3) is 0.889. The number of carbonyl (C=O) groups excluding carboxylic acids is 1. The van der Waals surface area contributed by atoms with Gasteiger partial charge in [0.05, 0.1) is 6.54 Å². The number of nitrogens with zero attached hydrogens (tertiary/aromatic N) is 1. The number of hydrogen-bond acceptors (Lipinski definition) is 2. The average molecular weight is 153 g/mol. The molecule has 62 valence electrons. The maximum atomic E-state index is 11.0. The SMILES string of the molecule is O=C1CCCN(CC2CC2)C1. The molecule has 2 rings (SSSR count). The summed E-state index contributed by atoms with van der Waals surface area (Å²) in [6.45, 7) is 3.07. The van der Waals surface area contributed by atoms with E-state index in [0.29, 0.717) is 5.78 Å². The number of hydrogen-bond donors (Lipinski definition) is 0. The van der Waals surface area contributed by atoms with Crippen molar-refractivity contribution in [3.63, 3.8) is 0 Å². The maximum Gasteiger partial charge on any atom is 0.146 e. The van der Waals surface area contributed by atoms with Gasteiger partial charge >= 0.3 is 0 Å². The molecule has 2 aliphatic rings. The van der Waals surface area contributed by atoms with E-state index in [-0.39, 0.29) is 0 Å². The van der Waals surface area contributed by atoms with Crippen molar-refractivity contribution in [2.24, 2.45) is 5.92 Å². The molecule has 0 aromatic heterocycles. The average Bonchev–Trinajstić information content (AvgIpc) is 2.71. The number of likely N-dealkylation sites (tertiary alicyclic amines) is 1. The summed E-state index contributed by atoms with van der Waals surface area (Å²) in [6, 6.07) is 0. The Bertz CT molecular complexity index is 163. The Morgan fingerprint density at radius 1 is 1.45 bits per heavy atom. The van der Waals surface area contributed by atoms with E-state index in [1.165, 1.54) is 19.4 Å². The van der Waals surface area contributed by atoms with Crippen molar-refractivity contribution in [2.45, 2.75) is 25.7 Å². The van der Waals surface area contributed by atoms with E-state index in [0.717, 1.165) is 31.8 Å². The van der Waals surface area contributed by atoms with Crippen LogP contribution < -0.4 is 0 Å². The Morgan fingerprint density at radius 2 is 2.27 bits per heavy atom. The van der Waals surface area contributed by atoms with E-state index in [2.05, 4.69) is 4.90 Å². The van der Waals surface area contributed by atoms with Gasteiger partial charge < -0.3 is 0 Å². The molecule has 1 aliphatic heterocycles. The van der Waals surface area contributed by atoms with Crippen LogP contribution in [0.2, 0.25) is 0 Å². The van der Waals surface area contributed by atoms with Gasteiger partial charge in [-0.2, -0.15) is 0 Å². The first-order chi connectivity index (χ1) is 5.34. The quantitative estimate of drug-likeness (QED) is 0.591. The van der Waals surface area contributed by atoms with E-state index in [9.17, 15) is 4.79 Å². The molecule has 0 bridgehead atoms. The molecule has 1 saturated carbocycles. The van der Waals surface area contributed by atoms with Crippen LogP contribution in [0.1, 0.15) is 25.7 Å². The van der Waals surface area contributed by atoms with Crippen molar-refractivity contribution in [2.75, 3.05) is 19.6 Å². The molecule has 2 fully saturated rings. The summed E-state index contributed by atoms with van der Waals surface area (Å²) in [4.78, 5) is 13.4. The molecule has 2 nitrogen and oxygen atoms in total. The van der Waals surface area contributed by atoms with Gasteiger partial charge in [0.25, 0.3) is 0 Å². The number of Topliss-reactive ketones (excluding diaryl/α,β-unsaturated/α-hetero) is 1. The second-order valence-corrected chi connectivity index (χ2v) is 3.82. The van der Waals surface area contributed by atoms with Crippen molar-refractivity contribution >= 4 is 5.78 Å². The van der Waals surface area contributed by atoms with Crippen molar-refractivity contribution in [3.05, 3.63) is 0 Å². The molecular weight excluding hydrogens is 138 g/mol. The summed E-state index contributed by atoms with van der Waals surface area (Å²) in [5, 5.41) is 0. The number of rotatable bonds is 2. The fourth-order valence-electron chi connectivity index (χ4n) is 1.73. The summed E-state index contributed by atoms with van der Waals surface area (Å²) in [7, 11) is 0. The van der Waals surface area contributed by atoms with Crippen LogP contribution in [0.25, 0.3) is 0 Å². The highest BCUT2D eigenvalue weighted by Gasteiger charge is 2.26. The van der Waals surface area contributed by atoms with Crippen molar-refractivity contribution in [3.8, 4) is 0 Å². The maximum absolute atomic E-state index is 11.0. The third-order valence-corrected chi connectivity index (χ3v) is 2.54. The molecule has 1 aliphatic carbocycles. The Labute approximate surface area is 67.6 Å². The summed E-state index contributed by atoms with van der Waals surface area (Å²) in [5.41, 5.74) is 0. The Hall–Kier alpha value is -0.370. The standard InChI is InChI=1S/C9H15NO/c11-9-2-1-5-10(7-9)6-8-3-4-8/h8H,1-7H2. The lowest BCUT2D eigenvalue weighted by molar-refractivity contribution is -0.122.